The fourth-order valence-electron chi connectivity index (χ4n) is 2.89. The van der Waals surface area contributed by atoms with Gasteiger partial charge in [0.05, 0.1) is 16.6 Å². The summed E-state index contributed by atoms with van der Waals surface area (Å²) in [5, 5.41) is 4.52. The van der Waals surface area contributed by atoms with Crippen LogP contribution in [-0.2, 0) is 6.18 Å². The fraction of sp³-hybridized carbons (Fsp3) is 0.375. The van der Waals surface area contributed by atoms with Crippen molar-refractivity contribution < 1.29 is 17.6 Å². The zero-order valence-electron chi connectivity index (χ0n) is 12.5. The van der Waals surface area contributed by atoms with Gasteiger partial charge in [-0.2, -0.15) is 13.2 Å². The van der Waals surface area contributed by atoms with Crippen LogP contribution in [0.2, 0.25) is 5.02 Å². The first kappa shape index (κ1) is 17.7. The van der Waals surface area contributed by atoms with E-state index in [1.807, 2.05) is 22.4 Å². The number of nitrogens with zero attached hydrogens (tertiary/aromatic N) is 1. The van der Waals surface area contributed by atoms with Crippen LogP contribution in [0.4, 0.5) is 17.6 Å². The van der Waals surface area contributed by atoms with Crippen molar-refractivity contribution in [1.29, 1.82) is 0 Å². The number of piperazine rings is 1. The molecule has 0 aliphatic carbocycles. The molecule has 1 aliphatic heterocycles. The summed E-state index contributed by atoms with van der Waals surface area (Å²) in [6, 6.07) is 4.57. The first-order valence-electron chi connectivity index (χ1n) is 7.42. The van der Waals surface area contributed by atoms with Gasteiger partial charge >= 0.3 is 6.18 Å². The van der Waals surface area contributed by atoms with Gasteiger partial charge in [-0.3, -0.25) is 4.90 Å². The minimum absolute atomic E-state index is 0.0285. The molecule has 2 nitrogen and oxygen atoms in total. The second kappa shape index (κ2) is 7.00. The third kappa shape index (κ3) is 3.59. The van der Waals surface area contributed by atoms with Crippen LogP contribution in [0, 0.1) is 5.82 Å². The molecule has 1 aromatic carbocycles. The summed E-state index contributed by atoms with van der Waals surface area (Å²) < 4.78 is 54.0. The smallest absolute Gasteiger partial charge is 0.314 e. The molecule has 0 radical (unpaired) electrons. The summed E-state index contributed by atoms with van der Waals surface area (Å²) in [6.45, 7) is 2.65. The van der Waals surface area contributed by atoms with Gasteiger partial charge in [0.25, 0.3) is 0 Å². The van der Waals surface area contributed by atoms with Crippen molar-refractivity contribution >= 4 is 22.9 Å². The number of rotatable bonds is 3. The highest BCUT2D eigenvalue weighted by Gasteiger charge is 2.35. The molecule has 1 atom stereocenters. The average molecular weight is 379 g/mol. The van der Waals surface area contributed by atoms with E-state index < -0.39 is 28.6 Å². The Hall–Kier alpha value is -1.15. The van der Waals surface area contributed by atoms with Crippen molar-refractivity contribution in [2.24, 2.45) is 0 Å². The Balaban J connectivity index is 2.12. The van der Waals surface area contributed by atoms with Crippen LogP contribution in [0.3, 0.4) is 0 Å². The zero-order valence-corrected chi connectivity index (χ0v) is 14.1. The molecular weight excluding hydrogens is 364 g/mol. The van der Waals surface area contributed by atoms with E-state index in [9.17, 15) is 17.6 Å². The van der Waals surface area contributed by atoms with Crippen molar-refractivity contribution in [3.63, 3.8) is 0 Å². The molecule has 0 saturated carbocycles. The summed E-state index contributed by atoms with van der Waals surface area (Å²) in [6.07, 6.45) is -4.57. The first-order chi connectivity index (χ1) is 11.4. The van der Waals surface area contributed by atoms with Gasteiger partial charge in [-0.1, -0.05) is 17.7 Å². The third-order valence-corrected chi connectivity index (χ3v) is 5.21. The summed E-state index contributed by atoms with van der Waals surface area (Å²) >= 11 is 7.16. The number of halogens is 5. The number of nitrogens with one attached hydrogen (secondary N) is 1. The van der Waals surface area contributed by atoms with Gasteiger partial charge in [-0.15, -0.1) is 11.3 Å². The molecule has 1 aliphatic rings. The van der Waals surface area contributed by atoms with E-state index in [1.165, 1.54) is 11.3 Å². The van der Waals surface area contributed by atoms with Gasteiger partial charge in [-0.05, 0) is 23.6 Å². The normalized spacial score (nSPS) is 17.9. The SMILES string of the molecule is Fc1c(Cl)cc(C(F)(F)F)cc1[C@H](c1cccs1)N1CCNCC1. The van der Waals surface area contributed by atoms with E-state index in [1.54, 1.807) is 0 Å². The molecular formula is C16H15ClF4N2S. The molecule has 0 bridgehead atoms. The van der Waals surface area contributed by atoms with Crippen LogP contribution in [0.5, 0.6) is 0 Å². The fourth-order valence-corrected chi connectivity index (χ4v) is 3.99. The predicted octanol–water partition coefficient (Wildman–Crippen LogP) is 4.55. The lowest BCUT2D eigenvalue weighted by Gasteiger charge is -2.35. The lowest BCUT2D eigenvalue weighted by atomic mass is 9.99. The maximum Gasteiger partial charge on any atom is 0.416 e. The van der Waals surface area contributed by atoms with E-state index in [-0.39, 0.29) is 5.56 Å². The topological polar surface area (TPSA) is 15.3 Å². The van der Waals surface area contributed by atoms with Gasteiger partial charge in [0.2, 0.25) is 0 Å². The molecule has 1 fully saturated rings. The lowest BCUT2D eigenvalue weighted by Crippen LogP contribution is -2.45. The van der Waals surface area contributed by atoms with Crippen molar-refractivity contribution in [2.75, 3.05) is 26.2 Å². The molecule has 2 heterocycles. The van der Waals surface area contributed by atoms with Gasteiger partial charge in [0.1, 0.15) is 5.82 Å². The quantitative estimate of drug-likeness (QED) is 0.788. The van der Waals surface area contributed by atoms with E-state index in [4.69, 9.17) is 11.6 Å². The highest BCUT2D eigenvalue weighted by atomic mass is 35.5. The molecule has 0 amide bonds. The summed E-state index contributed by atoms with van der Waals surface area (Å²) in [7, 11) is 0. The average Bonchev–Trinajstić information content (AvgIpc) is 3.05. The Bertz CT molecular complexity index is 697. The monoisotopic (exact) mass is 378 g/mol. The van der Waals surface area contributed by atoms with Gasteiger partial charge in [0, 0.05) is 36.6 Å². The molecule has 8 heteroatoms. The number of hydrogen-bond donors (Lipinski definition) is 1. The first-order valence-corrected chi connectivity index (χ1v) is 8.68. The van der Waals surface area contributed by atoms with Crippen molar-refractivity contribution in [3.05, 3.63) is 56.5 Å². The van der Waals surface area contributed by atoms with Gasteiger partial charge in [-0.25, -0.2) is 4.39 Å². The zero-order chi connectivity index (χ0) is 17.3. The van der Waals surface area contributed by atoms with Crippen molar-refractivity contribution in [3.8, 4) is 0 Å². The van der Waals surface area contributed by atoms with Crippen LogP contribution in [-0.4, -0.2) is 31.1 Å². The van der Waals surface area contributed by atoms with Crippen molar-refractivity contribution in [1.82, 2.24) is 10.2 Å². The van der Waals surface area contributed by atoms with E-state index in [0.29, 0.717) is 32.2 Å². The molecule has 0 unspecified atom stereocenters. The second-order valence-corrected chi connectivity index (χ2v) is 6.95. The number of benzene rings is 1. The molecule has 1 N–H and O–H groups in total. The second-order valence-electron chi connectivity index (χ2n) is 5.56. The molecule has 1 aromatic heterocycles. The Morgan fingerprint density at radius 3 is 2.50 bits per heavy atom. The van der Waals surface area contributed by atoms with Crippen LogP contribution < -0.4 is 5.32 Å². The minimum atomic E-state index is -4.57. The molecule has 130 valence electrons. The minimum Gasteiger partial charge on any atom is -0.314 e. The standard InChI is InChI=1S/C16H15ClF4N2S/c17-12-9-10(16(19,20)21)8-11(14(12)18)15(13-2-1-7-24-13)23-5-3-22-4-6-23/h1-2,7-9,15,22H,3-6H2/t15-/m1/s1. The Kier molecular flexibility index (Phi) is 5.15. The molecule has 24 heavy (non-hydrogen) atoms. The number of thiophene rings is 1. The van der Waals surface area contributed by atoms with Gasteiger partial charge in [0.15, 0.2) is 0 Å². The molecule has 1 saturated heterocycles. The van der Waals surface area contributed by atoms with Crippen LogP contribution in [0.15, 0.2) is 29.6 Å². The third-order valence-electron chi connectivity index (χ3n) is 4.01. The van der Waals surface area contributed by atoms with Crippen LogP contribution >= 0.6 is 22.9 Å². The lowest BCUT2D eigenvalue weighted by molar-refractivity contribution is -0.137. The number of alkyl halides is 3. The molecule has 0 spiro atoms. The van der Waals surface area contributed by atoms with E-state index >= 15 is 0 Å². The Labute approximate surface area is 146 Å². The van der Waals surface area contributed by atoms with Gasteiger partial charge < -0.3 is 5.32 Å². The highest BCUT2D eigenvalue weighted by molar-refractivity contribution is 7.10. The van der Waals surface area contributed by atoms with Crippen molar-refractivity contribution in [2.45, 2.75) is 12.2 Å². The maximum atomic E-state index is 14.6. The summed E-state index contributed by atoms with van der Waals surface area (Å²) in [4.78, 5) is 2.78. The Morgan fingerprint density at radius 1 is 1.21 bits per heavy atom. The Morgan fingerprint density at radius 2 is 1.92 bits per heavy atom. The van der Waals surface area contributed by atoms with Crippen LogP contribution in [0.25, 0.3) is 0 Å². The number of hydrogen-bond acceptors (Lipinski definition) is 3. The van der Waals surface area contributed by atoms with E-state index in [0.717, 1.165) is 10.9 Å². The molecule has 3 rings (SSSR count). The largest absolute Gasteiger partial charge is 0.416 e. The molecule has 2 aromatic rings. The maximum absolute atomic E-state index is 14.6. The summed E-state index contributed by atoms with van der Waals surface area (Å²) in [5.74, 6) is -0.790. The summed E-state index contributed by atoms with van der Waals surface area (Å²) in [5.41, 5.74) is -0.959. The highest BCUT2D eigenvalue weighted by Crippen LogP contribution is 2.39. The van der Waals surface area contributed by atoms with E-state index in [2.05, 4.69) is 5.32 Å². The predicted molar refractivity (Wildman–Crippen MR) is 87.0 cm³/mol. The van der Waals surface area contributed by atoms with Crippen LogP contribution in [0.1, 0.15) is 22.0 Å².